The second-order valence-electron chi connectivity index (χ2n) is 6.04. The molecule has 0 fully saturated rings. The number of benzene rings is 2. The fourth-order valence-electron chi connectivity index (χ4n) is 2.86. The van der Waals surface area contributed by atoms with E-state index in [1.54, 1.807) is 19.1 Å². The summed E-state index contributed by atoms with van der Waals surface area (Å²) < 4.78 is 16.3. The zero-order chi connectivity index (χ0) is 18.8. The van der Waals surface area contributed by atoms with Gasteiger partial charge in [0.25, 0.3) is 0 Å². The molecular formula is C20H16ClNO4S. The van der Waals surface area contributed by atoms with Crippen LogP contribution in [0.4, 0.5) is 0 Å². The van der Waals surface area contributed by atoms with Gasteiger partial charge in [0.2, 0.25) is 0 Å². The number of halogens is 1. The van der Waals surface area contributed by atoms with E-state index in [0.717, 1.165) is 21.7 Å². The van der Waals surface area contributed by atoms with Crippen molar-refractivity contribution < 1.29 is 19.0 Å². The molecule has 27 heavy (non-hydrogen) atoms. The highest BCUT2D eigenvalue weighted by Crippen LogP contribution is 2.33. The van der Waals surface area contributed by atoms with Gasteiger partial charge in [-0.1, -0.05) is 41.9 Å². The molecule has 0 bridgehead atoms. The summed E-state index contributed by atoms with van der Waals surface area (Å²) in [7, 11) is 0. The average molecular weight is 402 g/mol. The van der Waals surface area contributed by atoms with Crippen molar-refractivity contribution in [2.75, 3.05) is 6.79 Å². The van der Waals surface area contributed by atoms with E-state index in [4.69, 9.17) is 25.8 Å². The van der Waals surface area contributed by atoms with Gasteiger partial charge < -0.3 is 14.2 Å². The zero-order valence-electron chi connectivity index (χ0n) is 14.5. The minimum Gasteiger partial charge on any atom is -0.467 e. The molecule has 138 valence electrons. The number of esters is 1. The van der Waals surface area contributed by atoms with Crippen LogP contribution >= 0.6 is 22.9 Å². The van der Waals surface area contributed by atoms with Crippen LogP contribution in [0, 0.1) is 6.92 Å². The molecule has 0 saturated carbocycles. The highest BCUT2D eigenvalue weighted by Gasteiger charge is 2.21. The van der Waals surface area contributed by atoms with Crippen molar-refractivity contribution in [2.24, 2.45) is 0 Å². The van der Waals surface area contributed by atoms with Gasteiger partial charge in [-0.15, -0.1) is 11.3 Å². The summed E-state index contributed by atoms with van der Waals surface area (Å²) >= 11 is 7.48. The topological polar surface area (TPSA) is 57.7 Å². The van der Waals surface area contributed by atoms with E-state index >= 15 is 0 Å². The summed E-state index contributed by atoms with van der Waals surface area (Å²) in [4.78, 5) is 17.6. The Morgan fingerprint density at radius 1 is 1.30 bits per heavy atom. The number of ether oxygens (including phenoxy) is 3. The van der Waals surface area contributed by atoms with E-state index in [0.29, 0.717) is 28.0 Å². The van der Waals surface area contributed by atoms with Gasteiger partial charge in [0.15, 0.2) is 6.79 Å². The summed E-state index contributed by atoms with van der Waals surface area (Å²) in [5.74, 6) is 0.261. The number of nitrogens with zero attached hydrogens (tertiary/aromatic N) is 1. The first-order valence-electron chi connectivity index (χ1n) is 8.33. The molecule has 2 aromatic carbocycles. The maximum atomic E-state index is 12.6. The minimum absolute atomic E-state index is 0.0692. The third-order valence-corrected chi connectivity index (χ3v) is 5.52. The lowest BCUT2D eigenvalue weighted by Crippen LogP contribution is -2.14. The molecule has 0 spiro atoms. The largest absolute Gasteiger partial charge is 0.467 e. The molecule has 7 heteroatoms. The van der Waals surface area contributed by atoms with E-state index in [-0.39, 0.29) is 13.4 Å². The number of rotatable bonds is 4. The molecule has 1 aliphatic rings. The van der Waals surface area contributed by atoms with Crippen LogP contribution in [0.3, 0.4) is 0 Å². The standard InChI is InChI=1S/C20H16ClNO4S/c1-12-18(27-19(22-12)13-5-3-2-4-6-13)20(23)25-10-15-8-16(21)7-14-9-24-11-26-17(14)15/h2-8H,9-11H2,1H3. The van der Waals surface area contributed by atoms with Gasteiger partial charge in [0.05, 0.1) is 12.3 Å². The van der Waals surface area contributed by atoms with Crippen molar-refractivity contribution in [1.29, 1.82) is 0 Å². The molecule has 3 aromatic rings. The molecule has 0 saturated heterocycles. The smallest absolute Gasteiger partial charge is 0.350 e. The average Bonchev–Trinajstić information content (AvgIpc) is 3.08. The van der Waals surface area contributed by atoms with Crippen molar-refractivity contribution in [1.82, 2.24) is 4.98 Å². The molecular weight excluding hydrogens is 386 g/mol. The van der Waals surface area contributed by atoms with E-state index < -0.39 is 5.97 Å². The van der Waals surface area contributed by atoms with Gasteiger partial charge in [-0.25, -0.2) is 9.78 Å². The maximum absolute atomic E-state index is 12.6. The van der Waals surface area contributed by atoms with E-state index in [2.05, 4.69) is 4.98 Å². The van der Waals surface area contributed by atoms with Crippen molar-refractivity contribution >= 4 is 28.9 Å². The van der Waals surface area contributed by atoms with Crippen molar-refractivity contribution in [3.05, 3.63) is 69.2 Å². The van der Waals surface area contributed by atoms with Crippen LogP contribution in [-0.2, 0) is 22.7 Å². The molecule has 0 atom stereocenters. The Kier molecular flexibility index (Phi) is 5.11. The first-order chi connectivity index (χ1) is 13.1. The Labute approximate surface area is 165 Å². The fourth-order valence-corrected chi connectivity index (χ4v) is 4.09. The third-order valence-electron chi connectivity index (χ3n) is 4.11. The van der Waals surface area contributed by atoms with Crippen molar-refractivity contribution in [2.45, 2.75) is 20.1 Å². The van der Waals surface area contributed by atoms with Crippen molar-refractivity contribution in [3.63, 3.8) is 0 Å². The Morgan fingerprint density at radius 3 is 2.93 bits per heavy atom. The predicted molar refractivity (Wildman–Crippen MR) is 103 cm³/mol. The molecule has 4 rings (SSSR count). The van der Waals surface area contributed by atoms with Crippen LogP contribution in [0.25, 0.3) is 10.6 Å². The highest BCUT2D eigenvalue weighted by molar-refractivity contribution is 7.17. The van der Waals surface area contributed by atoms with Crippen LogP contribution in [0.1, 0.15) is 26.5 Å². The molecule has 0 radical (unpaired) electrons. The van der Waals surface area contributed by atoms with Gasteiger partial charge in [-0.2, -0.15) is 0 Å². The van der Waals surface area contributed by atoms with Gasteiger partial charge in [-0.3, -0.25) is 0 Å². The van der Waals surface area contributed by atoms with Gasteiger partial charge in [0.1, 0.15) is 22.2 Å². The lowest BCUT2D eigenvalue weighted by atomic mass is 10.1. The number of aryl methyl sites for hydroxylation is 1. The molecule has 0 unspecified atom stereocenters. The highest BCUT2D eigenvalue weighted by atomic mass is 35.5. The van der Waals surface area contributed by atoms with E-state index in [1.165, 1.54) is 11.3 Å². The molecule has 0 amide bonds. The Bertz CT molecular complexity index is 987. The van der Waals surface area contributed by atoms with Crippen LogP contribution in [0.2, 0.25) is 5.02 Å². The van der Waals surface area contributed by atoms with E-state index in [1.807, 2.05) is 30.3 Å². The first-order valence-corrected chi connectivity index (χ1v) is 9.53. The number of fused-ring (bicyclic) bond motifs is 1. The number of hydrogen-bond acceptors (Lipinski definition) is 6. The van der Waals surface area contributed by atoms with Crippen molar-refractivity contribution in [3.8, 4) is 16.3 Å². The van der Waals surface area contributed by atoms with Crippen LogP contribution < -0.4 is 4.74 Å². The maximum Gasteiger partial charge on any atom is 0.350 e. The molecule has 0 aliphatic carbocycles. The molecule has 0 N–H and O–H groups in total. The predicted octanol–water partition coefficient (Wildman–Crippen LogP) is 5.00. The summed E-state index contributed by atoms with van der Waals surface area (Å²) in [6.07, 6.45) is 0. The van der Waals surface area contributed by atoms with Crippen LogP contribution in [-0.4, -0.2) is 17.7 Å². The molecule has 1 aliphatic heterocycles. The van der Waals surface area contributed by atoms with E-state index in [9.17, 15) is 4.79 Å². The molecule has 5 nitrogen and oxygen atoms in total. The quantitative estimate of drug-likeness (QED) is 0.576. The number of hydrogen-bond donors (Lipinski definition) is 0. The Hall–Kier alpha value is -2.41. The minimum atomic E-state index is -0.409. The van der Waals surface area contributed by atoms with Crippen LogP contribution in [0.5, 0.6) is 5.75 Å². The zero-order valence-corrected chi connectivity index (χ0v) is 16.1. The van der Waals surface area contributed by atoms with Gasteiger partial charge in [-0.05, 0) is 19.1 Å². The molecule has 2 heterocycles. The number of carbonyl (C=O) groups excluding carboxylic acids is 1. The second kappa shape index (κ2) is 7.68. The second-order valence-corrected chi connectivity index (χ2v) is 7.48. The van der Waals surface area contributed by atoms with Gasteiger partial charge >= 0.3 is 5.97 Å². The number of carbonyl (C=O) groups is 1. The fraction of sp³-hybridized carbons (Fsp3) is 0.200. The Morgan fingerprint density at radius 2 is 2.11 bits per heavy atom. The molecule has 1 aromatic heterocycles. The van der Waals surface area contributed by atoms with Crippen LogP contribution in [0.15, 0.2) is 42.5 Å². The number of thiazole rings is 1. The first kappa shape index (κ1) is 18.0. The summed E-state index contributed by atoms with van der Waals surface area (Å²) in [5.41, 5.74) is 3.20. The summed E-state index contributed by atoms with van der Waals surface area (Å²) in [5, 5.41) is 1.34. The summed E-state index contributed by atoms with van der Waals surface area (Å²) in [6, 6.07) is 13.3. The third kappa shape index (κ3) is 3.83. The summed E-state index contributed by atoms with van der Waals surface area (Å²) in [6.45, 7) is 2.47. The van der Waals surface area contributed by atoms with Gasteiger partial charge in [0, 0.05) is 21.7 Å². The number of aromatic nitrogens is 1. The SMILES string of the molecule is Cc1nc(-c2ccccc2)sc1C(=O)OCc1cc(Cl)cc2c1OCOC2. The monoisotopic (exact) mass is 401 g/mol. The lowest BCUT2D eigenvalue weighted by molar-refractivity contribution is -0.0180. The lowest BCUT2D eigenvalue weighted by Gasteiger charge is -2.21. The normalized spacial score (nSPS) is 13.0. The Balaban J connectivity index is 1.53.